The van der Waals surface area contributed by atoms with Gasteiger partial charge in [-0.15, -0.1) is 0 Å². The van der Waals surface area contributed by atoms with Crippen LogP contribution < -0.4 is 10.2 Å². The summed E-state index contributed by atoms with van der Waals surface area (Å²) in [6.45, 7) is 1.83. The molecule has 18 heavy (non-hydrogen) atoms. The molecule has 0 atom stereocenters. The van der Waals surface area contributed by atoms with E-state index in [1.54, 1.807) is 17.9 Å². The molecule has 0 saturated carbocycles. The molecular weight excluding hydrogens is 228 g/mol. The van der Waals surface area contributed by atoms with Crippen LogP contribution in [0.4, 0.5) is 0 Å². The largest absolute Gasteiger partial charge is 0.497 e. The Kier molecular flexibility index (Phi) is 3.16. The van der Waals surface area contributed by atoms with Crippen molar-refractivity contribution < 1.29 is 4.74 Å². The fourth-order valence-electron chi connectivity index (χ4n) is 1.74. The van der Waals surface area contributed by atoms with Gasteiger partial charge in [0.25, 0.3) is 0 Å². The van der Waals surface area contributed by atoms with E-state index in [0.29, 0.717) is 0 Å². The average molecular weight is 240 g/mol. The highest BCUT2D eigenvalue weighted by atomic mass is 16.5. The first-order valence-electron chi connectivity index (χ1n) is 5.43. The molecule has 1 aromatic heterocycles. The minimum Gasteiger partial charge on any atom is -0.497 e. The van der Waals surface area contributed by atoms with Crippen LogP contribution in [-0.4, -0.2) is 11.7 Å². The summed E-state index contributed by atoms with van der Waals surface area (Å²) in [6, 6.07) is 10.8. The van der Waals surface area contributed by atoms with Crippen LogP contribution in [0.5, 0.6) is 5.75 Å². The van der Waals surface area contributed by atoms with Crippen molar-refractivity contribution in [2.24, 2.45) is 0 Å². The Morgan fingerprint density at radius 2 is 1.94 bits per heavy atom. The number of aromatic nitrogens is 1. The van der Waals surface area contributed by atoms with E-state index in [1.807, 2.05) is 37.3 Å². The van der Waals surface area contributed by atoms with Crippen molar-refractivity contribution >= 4 is 0 Å². The predicted octanol–water partition coefficient (Wildman–Crippen LogP) is 2.03. The number of hydrogen-bond donors (Lipinski definition) is 0. The summed E-state index contributed by atoms with van der Waals surface area (Å²) in [5, 5.41) is 8.88. The molecule has 0 aliphatic carbocycles. The Balaban J connectivity index is 2.56. The SMILES string of the molecule is COc1ccc(-n2cc(C#N)c(=O)cc2C)cc1. The number of aryl methyl sites for hydroxylation is 1. The molecule has 90 valence electrons. The minimum absolute atomic E-state index is 0.136. The molecule has 0 aliphatic rings. The molecule has 0 bridgehead atoms. The Morgan fingerprint density at radius 1 is 1.28 bits per heavy atom. The molecule has 0 N–H and O–H groups in total. The van der Waals surface area contributed by atoms with Crippen molar-refractivity contribution in [1.29, 1.82) is 5.26 Å². The third kappa shape index (κ3) is 2.11. The second kappa shape index (κ2) is 4.76. The lowest BCUT2D eigenvalue weighted by molar-refractivity contribution is 0.414. The number of nitriles is 1. The highest BCUT2D eigenvalue weighted by molar-refractivity contribution is 5.41. The van der Waals surface area contributed by atoms with Gasteiger partial charge in [-0.3, -0.25) is 4.79 Å². The molecule has 4 heteroatoms. The number of hydrogen-bond acceptors (Lipinski definition) is 3. The number of pyridine rings is 1. The highest BCUT2D eigenvalue weighted by Gasteiger charge is 2.05. The number of rotatable bonds is 2. The third-order valence-electron chi connectivity index (χ3n) is 2.71. The molecule has 0 spiro atoms. The van der Waals surface area contributed by atoms with Crippen LogP contribution >= 0.6 is 0 Å². The van der Waals surface area contributed by atoms with Crippen LogP contribution in [0.2, 0.25) is 0 Å². The summed E-state index contributed by atoms with van der Waals surface area (Å²) in [5.74, 6) is 0.762. The summed E-state index contributed by atoms with van der Waals surface area (Å²) in [6.07, 6.45) is 1.56. The molecule has 0 unspecified atom stereocenters. The molecule has 0 fully saturated rings. The van der Waals surface area contributed by atoms with Crippen LogP contribution in [0, 0.1) is 18.3 Å². The molecule has 1 aromatic carbocycles. The first-order chi connectivity index (χ1) is 8.65. The molecule has 0 saturated heterocycles. The Labute approximate surface area is 105 Å². The van der Waals surface area contributed by atoms with Gasteiger partial charge in [-0.2, -0.15) is 5.26 Å². The van der Waals surface area contributed by atoms with E-state index in [1.165, 1.54) is 6.07 Å². The van der Waals surface area contributed by atoms with Crippen LogP contribution in [-0.2, 0) is 0 Å². The van der Waals surface area contributed by atoms with Gasteiger partial charge in [0.1, 0.15) is 17.4 Å². The van der Waals surface area contributed by atoms with Gasteiger partial charge >= 0.3 is 0 Å². The number of nitrogens with zero attached hydrogens (tertiary/aromatic N) is 2. The van der Waals surface area contributed by atoms with Gasteiger partial charge in [0.2, 0.25) is 0 Å². The van der Waals surface area contributed by atoms with E-state index in [-0.39, 0.29) is 11.0 Å². The number of methoxy groups -OCH3 is 1. The number of ether oxygens (including phenoxy) is 1. The Bertz CT molecular complexity index is 664. The Morgan fingerprint density at radius 3 is 2.50 bits per heavy atom. The first-order valence-corrected chi connectivity index (χ1v) is 5.43. The van der Waals surface area contributed by atoms with Gasteiger partial charge in [-0.1, -0.05) is 0 Å². The van der Waals surface area contributed by atoms with E-state index < -0.39 is 0 Å². The molecule has 4 nitrogen and oxygen atoms in total. The van der Waals surface area contributed by atoms with Crippen LogP contribution in [0.15, 0.2) is 41.3 Å². The maximum Gasteiger partial charge on any atom is 0.199 e. The molecule has 2 aromatic rings. The monoisotopic (exact) mass is 240 g/mol. The van der Waals surface area contributed by atoms with E-state index in [0.717, 1.165) is 17.1 Å². The van der Waals surface area contributed by atoms with Gasteiger partial charge in [0, 0.05) is 23.6 Å². The molecule has 0 amide bonds. The highest BCUT2D eigenvalue weighted by Crippen LogP contribution is 2.16. The van der Waals surface area contributed by atoms with Gasteiger partial charge in [0.15, 0.2) is 5.43 Å². The van der Waals surface area contributed by atoms with Gasteiger partial charge < -0.3 is 9.30 Å². The second-order valence-corrected chi connectivity index (χ2v) is 3.87. The maximum atomic E-state index is 11.5. The summed E-state index contributed by atoms with van der Waals surface area (Å²) in [5.41, 5.74) is 1.55. The van der Waals surface area contributed by atoms with E-state index >= 15 is 0 Å². The van der Waals surface area contributed by atoms with Crippen molar-refractivity contribution in [3.05, 3.63) is 58.0 Å². The Hall–Kier alpha value is -2.54. The first kappa shape index (κ1) is 11.9. The van der Waals surface area contributed by atoms with Crippen LogP contribution in [0.1, 0.15) is 11.3 Å². The van der Waals surface area contributed by atoms with E-state index in [2.05, 4.69) is 0 Å². The molecular formula is C14H12N2O2. The molecule has 1 heterocycles. The van der Waals surface area contributed by atoms with Gasteiger partial charge in [-0.05, 0) is 31.2 Å². The lowest BCUT2D eigenvalue weighted by Gasteiger charge is -2.11. The second-order valence-electron chi connectivity index (χ2n) is 3.87. The standard InChI is InChI=1S/C14H12N2O2/c1-10-7-14(17)11(8-15)9-16(10)12-3-5-13(18-2)6-4-12/h3-7,9H,1-2H3. The smallest absolute Gasteiger partial charge is 0.199 e. The minimum atomic E-state index is -0.250. The summed E-state index contributed by atoms with van der Waals surface area (Å²) < 4.78 is 6.89. The van der Waals surface area contributed by atoms with E-state index in [9.17, 15) is 4.79 Å². The average Bonchev–Trinajstić information content (AvgIpc) is 2.39. The van der Waals surface area contributed by atoms with E-state index in [4.69, 9.17) is 10.00 Å². The summed E-state index contributed by atoms with van der Waals surface area (Å²) in [7, 11) is 1.60. The lowest BCUT2D eigenvalue weighted by Crippen LogP contribution is -2.11. The fourth-order valence-corrected chi connectivity index (χ4v) is 1.74. The normalized spacial score (nSPS) is 9.83. The third-order valence-corrected chi connectivity index (χ3v) is 2.71. The topological polar surface area (TPSA) is 55.0 Å². The zero-order valence-electron chi connectivity index (χ0n) is 10.2. The lowest BCUT2D eigenvalue weighted by atomic mass is 10.2. The predicted molar refractivity (Wildman–Crippen MR) is 68.0 cm³/mol. The molecule has 0 aliphatic heterocycles. The zero-order valence-corrected chi connectivity index (χ0v) is 10.2. The molecule has 2 rings (SSSR count). The van der Waals surface area contributed by atoms with Crippen LogP contribution in [0.25, 0.3) is 5.69 Å². The quantitative estimate of drug-likeness (QED) is 0.807. The zero-order chi connectivity index (χ0) is 13.1. The van der Waals surface area contributed by atoms with Crippen molar-refractivity contribution in [3.63, 3.8) is 0 Å². The molecule has 0 radical (unpaired) electrons. The van der Waals surface area contributed by atoms with Crippen molar-refractivity contribution in [3.8, 4) is 17.5 Å². The van der Waals surface area contributed by atoms with Crippen molar-refractivity contribution in [2.75, 3.05) is 7.11 Å². The summed E-state index contributed by atoms with van der Waals surface area (Å²) in [4.78, 5) is 11.5. The van der Waals surface area contributed by atoms with Crippen molar-refractivity contribution in [1.82, 2.24) is 4.57 Å². The summed E-state index contributed by atoms with van der Waals surface area (Å²) >= 11 is 0. The van der Waals surface area contributed by atoms with Crippen molar-refractivity contribution in [2.45, 2.75) is 6.92 Å². The van der Waals surface area contributed by atoms with Gasteiger partial charge in [-0.25, -0.2) is 0 Å². The fraction of sp³-hybridized carbons (Fsp3) is 0.143. The maximum absolute atomic E-state index is 11.5. The number of benzene rings is 1. The van der Waals surface area contributed by atoms with Gasteiger partial charge in [0.05, 0.1) is 7.11 Å². The van der Waals surface area contributed by atoms with Crippen LogP contribution in [0.3, 0.4) is 0 Å².